The Balaban J connectivity index is 1.43. The molecule has 2 aliphatic heterocycles. The minimum absolute atomic E-state index is 0.110. The summed E-state index contributed by atoms with van der Waals surface area (Å²) in [6, 6.07) is 12.1. The minimum Gasteiger partial charge on any atom is -0.347 e. The van der Waals surface area contributed by atoms with Crippen LogP contribution in [0.25, 0.3) is 11.3 Å². The molecule has 0 radical (unpaired) electrons. The third kappa shape index (κ3) is 2.65. The molecular weight excluding hydrogens is 349 g/mol. The van der Waals surface area contributed by atoms with Gasteiger partial charge >= 0.3 is 0 Å². The number of thiazole rings is 1. The van der Waals surface area contributed by atoms with E-state index in [2.05, 4.69) is 11.0 Å². The molecule has 1 aromatic carbocycles. The zero-order valence-corrected chi connectivity index (χ0v) is 15.0. The van der Waals surface area contributed by atoms with Gasteiger partial charge < -0.3 is 9.47 Å². The summed E-state index contributed by atoms with van der Waals surface area (Å²) in [5.41, 5.74) is 3.08. The lowest BCUT2D eigenvalue weighted by atomic mass is 9.83. The third-order valence-electron chi connectivity index (χ3n) is 5.38. The molecule has 3 aromatic rings. The molecule has 6 heteroatoms. The number of anilines is 1. The molecule has 5 rings (SSSR count). The Kier molecular flexibility index (Phi) is 3.67. The smallest absolute Gasteiger partial charge is 0.250 e. The van der Waals surface area contributed by atoms with Gasteiger partial charge in [0.15, 0.2) is 5.13 Å². The predicted molar refractivity (Wildman–Crippen MR) is 101 cm³/mol. The van der Waals surface area contributed by atoms with E-state index in [-0.39, 0.29) is 11.4 Å². The lowest BCUT2D eigenvalue weighted by Gasteiger charge is -2.42. The summed E-state index contributed by atoms with van der Waals surface area (Å²) in [6.45, 7) is 2.60. The van der Waals surface area contributed by atoms with Gasteiger partial charge in [-0.2, -0.15) is 0 Å². The maximum absolute atomic E-state index is 13.1. The third-order valence-corrected chi connectivity index (χ3v) is 6.28. The summed E-state index contributed by atoms with van der Waals surface area (Å²) in [6.07, 6.45) is 1.14. The van der Waals surface area contributed by atoms with Crippen molar-refractivity contribution >= 4 is 16.5 Å². The average molecular weight is 367 g/mol. The predicted octanol–water partition coefficient (Wildman–Crippen LogP) is 3.73. The monoisotopic (exact) mass is 367 g/mol. The van der Waals surface area contributed by atoms with Gasteiger partial charge in [-0.05, 0) is 42.7 Å². The quantitative estimate of drug-likeness (QED) is 0.693. The zero-order valence-electron chi connectivity index (χ0n) is 14.1. The van der Waals surface area contributed by atoms with E-state index in [1.165, 1.54) is 12.1 Å². The zero-order chi connectivity index (χ0) is 17.7. The average Bonchev–Trinajstić information content (AvgIpc) is 3.13. The normalized spacial score (nSPS) is 21.5. The van der Waals surface area contributed by atoms with Crippen LogP contribution in [0, 0.1) is 11.7 Å². The molecule has 0 unspecified atom stereocenters. The van der Waals surface area contributed by atoms with Crippen molar-refractivity contribution < 1.29 is 4.39 Å². The maximum atomic E-state index is 13.1. The van der Waals surface area contributed by atoms with Gasteiger partial charge in [0.1, 0.15) is 5.82 Å². The fraction of sp³-hybridized carbons (Fsp3) is 0.300. The van der Waals surface area contributed by atoms with Crippen LogP contribution >= 0.6 is 11.3 Å². The molecule has 0 saturated carbocycles. The fourth-order valence-electron chi connectivity index (χ4n) is 4.22. The van der Waals surface area contributed by atoms with E-state index < -0.39 is 0 Å². The van der Waals surface area contributed by atoms with Crippen molar-refractivity contribution in [3.63, 3.8) is 0 Å². The number of hydrogen-bond donors (Lipinski definition) is 0. The van der Waals surface area contributed by atoms with Crippen LogP contribution in [0.3, 0.4) is 0 Å². The molecule has 0 aliphatic carbocycles. The SMILES string of the molecule is O=c1cccc2n1C[C@H]1C[C@@H]2CN(c2nc(-c3ccc(F)cc3)cs2)C1. The number of fused-ring (bicyclic) bond motifs is 4. The molecule has 1 saturated heterocycles. The van der Waals surface area contributed by atoms with Crippen LogP contribution in [0.1, 0.15) is 18.0 Å². The van der Waals surface area contributed by atoms with Crippen molar-refractivity contribution in [2.45, 2.75) is 18.9 Å². The Labute approximate surface area is 154 Å². The molecule has 0 amide bonds. The number of piperidine rings is 1. The molecule has 2 atom stereocenters. The Bertz CT molecular complexity index is 1010. The van der Waals surface area contributed by atoms with E-state index in [0.29, 0.717) is 11.8 Å². The maximum Gasteiger partial charge on any atom is 0.250 e. The number of rotatable bonds is 2. The van der Waals surface area contributed by atoms with Crippen molar-refractivity contribution in [2.75, 3.05) is 18.0 Å². The Morgan fingerprint density at radius 1 is 1.08 bits per heavy atom. The van der Waals surface area contributed by atoms with E-state index in [1.807, 2.05) is 16.0 Å². The van der Waals surface area contributed by atoms with Crippen molar-refractivity contribution in [1.29, 1.82) is 0 Å². The van der Waals surface area contributed by atoms with E-state index in [1.54, 1.807) is 29.5 Å². The number of nitrogens with zero attached hydrogens (tertiary/aromatic N) is 3. The number of pyridine rings is 1. The van der Waals surface area contributed by atoms with Crippen molar-refractivity contribution in [1.82, 2.24) is 9.55 Å². The van der Waals surface area contributed by atoms with E-state index in [4.69, 9.17) is 4.98 Å². The van der Waals surface area contributed by atoms with Gasteiger partial charge in [0, 0.05) is 48.3 Å². The molecule has 2 aliphatic rings. The highest BCUT2D eigenvalue weighted by Crippen LogP contribution is 2.38. The summed E-state index contributed by atoms with van der Waals surface area (Å²) in [5.74, 6) is 0.607. The first-order chi connectivity index (χ1) is 12.7. The van der Waals surface area contributed by atoms with Crippen LogP contribution in [0.4, 0.5) is 9.52 Å². The molecule has 132 valence electrons. The van der Waals surface area contributed by atoms with Crippen LogP contribution in [0.15, 0.2) is 52.6 Å². The van der Waals surface area contributed by atoms with Gasteiger partial charge in [-0.25, -0.2) is 9.37 Å². The van der Waals surface area contributed by atoms with Crippen molar-refractivity contribution in [2.24, 2.45) is 5.92 Å². The second kappa shape index (κ2) is 6.06. The largest absolute Gasteiger partial charge is 0.347 e. The number of halogens is 1. The number of benzene rings is 1. The highest BCUT2D eigenvalue weighted by molar-refractivity contribution is 7.14. The van der Waals surface area contributed by atoms with Crippen molar-refractivity contribution in [3.8, 4) is 11.3 Å². The first-order valence-corrected chi connectivity index (χ1v) is 9.71. The van der Waals surface area contributed by atoms with Gasteiger partial charge in [-0.15, -0.1) is 11.3 Å². The molecule has 2 bridgehead atoms. The second-order valence-corrected chi connectivity index (χ2v) is 7.96. The van der Waals surface area contributed by atoms with Crippen LogP contribution in [0.2, 0.25) is 0 Å². The van der Waals surface area contributed by atoms with Crippen LogP contribution < -0.4 is 10.5 Å². The lowest BCUT2D eigenvalue weighted by molar-refractivity contribution is 0.281. The van der Waals surface area contributed by atoms with Gasteiger partial charge in [0.25, 0.3) is 5.56 Å². The molecule has 2 aromatic heterocycles. The molecule has 0 spiro atoms. The first-order valence-electron chi connectivity index (χ1n) is 8.83. The van der Waals surface area contributed by atoms with Crippen LogP contribution in [0.5, 0.6) is 0 Å². The number of hydrogen-bond acceptors (Lipinski definition) is 4. The number of aromatic nitrogens is 2. The molecule has 4 nitrogen and oxygen atoms in total. The van der Waals surface area contributed by atoms with E-state index >= 15 is 0 Å². The molecule has 26 heavy (non-hydrogen) atoms. The van der Waals surface area contributed by atoms with Crippen LogP contribution in [-0.4, -0.2) is 22.6 Å². The summed E-state index contributed by atoms with van der Waals surface area (Å²) in [4.78, 5) is 19.3. The minimum atomic E-state index is -0.234. The lowest BCUT2D eigenvalue weighted by Crippen LogP contribution is -2.47. The summed E-state index contributed by atoms with van der Waals surface area (Å²) < 4.78 is 15.1. The molecular formula is C20H18FN3OS. The van der Waals surface area contributed by atoms with Crippen LogP contribution in [-0.2, 0) is 6.54 Å². The summed E-state index contributed by atoms with van der Waals surface area (Å²) in [7, 11) is 0. The van der Waals surface area contributed by atoms with E-state index in [0.717, 1.165) is 48.1 Å². The standard InChI is InChI=1S/C20H18FN3OS/c21-16-6-4-14(5-7-16)17-12-26-20(22-17)23-9-13-8-15(11-23)18-2-1-3-19(25)24(18)10-13/h1-7,12-13,15H,8-11H2/t13-,15+/m0/s1. The Morgan fingerprint density at radius 2 is 1.92 bits per heavy atom. The van der Waals surface area contributed by atoms with Gasteiger partial charge in [0.05, 0.1) is 5.69 Å². The molecule has 4 heterocycles. The van der Waals surface area contributed by atoms with Gasteiger partial charge in [-0.3, -0.25) is 4.79 Å². The summed E-state index contributed by atoms with van der Waals surface area (Å²) in [5, 5.41) is 3.04. The highest BCUT2D eigenvalue weighted by atomic mass is 32.1. The second-order valence-electron chi connectivity index (χ2n) is 7.13. The van der Waals surface area contributed by atoms with E-state index in [9.17, 15) is 9.18 Å². The first kappa shape index (κ1) is 15.8. The topological polar surface area (TPSA) is 38.1 Å². The Hall–Kier alpha value is -2.47. The van der Waals surface area contributed by atoms with Gasteiger partial charge in [0.2, 0.25) is 0 Å². The van der Waals surface area contributed by atoms with Gasteiger partial charge in [-0.1, -0.05) is 6.07 Å². The Morgan fingerprint density at radius 3 is 2.77 bits per heavy atom. The fourth-order valence-corrected chi connectivity index (χ4v) is 5.07. The summed E-state index contributed by atoms with van der Waals surface area (Å²) >= 11 is 1.63. The van der Waals surface area contributed by atoms with Crippen molar-refractivity contribution in [3.05, 3.63) is 69.7 Å². The highest BCUT2D eigenvalue weighted by Gasteiger charge is 2.35. The molecule has 0 N–H and O–H groups in total. The molecule has 1 fully saturated rings.